The Labute approximate surface area is 223 Å². The number of hydrogen-bond acceptors (Lipinski definition) is 8. The predicted octanol–water partition coefficient (Wildman–Crippen LogP) is 5.57. The van der Waals surface area contributed by atoms with Crippen LogP contribution < -0.4 is 19.1 Å². The van der Waals surface area contributed by atoms with Crippen molar-refractivity contribution in [2.24, 2.45) is 0 Å². The fourth-order valence-corrected chi connectivity index (χ4v) is 5.99. The predicted molar refractivity (Wildman–Crippen MR) is 146 cm³/mol. The average molecular weight is 531 g/mol. The maximum Gasteiger partial charge on any atom is 0.301 e. The zero-order chi connectivity index (χ0) is 27.1. The van der Waals surface area contributed by atoms with Crippen molar-refractivity contribution in [3.05, 3.63) is 82.4 Å². The smallest absolute Gasteiger partial charge is 0.301 e. The Morgan fingerprint density at radius 1 is 0.947 bits per heavy atom. The molecule has 0 unspecified atom stereocenters. The molecule has 1 fully saturated rings. The van der Waals surface area contributed by atoms with E-state index in [-0.39, 0.29) is 11.3 Å². The third-order valence-corrected chi connectivity index (χ3v) is 7.52. The van der Waals surface area contributed by atoms with Gasteiger partial charge in [0.25, 0.3) is 5.78 Å². The minimum atomic E-state index is -0.995. The second-order valence-corrected chi connectivity index (χ2v) is 9.93. The molecule has 1 aliphatic heterocycles. The molecule has 8 nitrogen and oxygen atoms in total. The molecule has 3 aromatic carbocycles. The van der Waals surface area contributed by atoms with E-state index < -0.39 is 17.7 Å². The van der Waals surface area contributed by atoms with Crippen molar-refractivity contribution in [1.82, 2.24) is 4.98 Å². The van der Waals surface area contributed by atoms with Gasteiger partial charge in [-0.15, -0.1) is 0 Å². The third kappa shape index (κ3) is 4.05. The average Bonchev–Trinajstić information content (AvgIpc) is 3.46. The molecule has 1 saturated heterocycles. The quantitative estimate of drug-likeness (QED) is 0.198. The van der Waals surface area contributed by atoms with Gasteiger partial charge in [0.05, 0.1) is 43.2 Å². The number of ketones is 1. The first-order valence-electron chi connectivity index (χ1n) is 11.8. The monoisotopic (exact) mass is 530 g/mol. The van der Waals surface area contributed by atoms with Crippen LogP contribution in [0.3, 0.4) is 0 Å². The van der Waals surface area contributed by atoms with Gasteiger partial charge < -0.3 is 19.3 Å². The maximum absolute atomic E-state index is 13.6. The minimum Gasteiger partial charge on any atom is -0.507 e. The molecule has 1 atom stereocenters. The number of nitrogens with zero attached hydrogens (tertiary/aromatic N) is 2. The molecule has 0 saturated carbocycles. The Hall–Kier alpha value is -4.37. The number of Topliss-reactive ketones (excluding diaryl/α,β-unsaturated/α-hetero) is 1. The van der Waals surface area contributed by atoms with Crippen LogP contribution >= 0.6 is 11.3 Å². The highest BCUT2D eigenvalue weighted by Crippen LogP contribution is 2.48. The number of fused-ring (bicyclic) bond motifs is 1. The van der Waals surface area contributed by atoms with E-state index in [9.17, 15) is 14.7 Å². The van der Waals surface area contributed by atoms with Crippen LogP contribution in [0.25, 0.3) is 16.0 Å². The molecule has 0 radical (unpaired) electrons. The molecule has 9 heteroatoms. The van der Waals surface area contributed by atoms with Crippen LogP contribution in [0.15, 0.2) is 60.2 Å². The SMILES string of the molecule is COc1cc([C@@H]2/C(=C(\O)c3ccccc3)C(=O)C(=O)N2c2nc3c(C)cc(C)cc3s2)cc(OC)c1OC. The Morgan fingerprint density at radius 3 is 2.21 bits per heavy atom. The molecule has 1 aliphatic rings. The van der Waals surface area contributed by atoms with Crippen LogP contribution in [-0.2, 0) is 9.59 Å². The van der Waals surface area contributed by atoms with Gasteiger partial charge in [0, 0.05) is 5.56 Å². The van der Waals surface area contributed by atoms with Crippen LogP contribution in [0, 0.1) is 13.8 Å². The first-order valence-corrected chi connectivity index (χ1v) is 12.6. The van der Waals surface area contributed by atoms with Crippen molar-refractivity contribution in [1.29, 1.82) is 0 Å². The largest absolute Gasteiger partial charge is 0.507 e. The van der Waals surface area contributed by atoms with Gasteiger partial charge in [-0.3, -0.25) is 14.5 Å². The summed E-state index contributed by atoms with van der Waals surface area (Å²) in [6, 6.07) is 15.0. The highest BCUT2D eigenvalue weighted by Gasteiger charge is 2.48. The number of methoxy groups -OCH3 is 3. The van der Waals surface area contributed by atoms with E-state index in [0.717, 1.165) is 21.3 Å². The lowest BCUT2D eigenvalue weighted by Gasteiger charge is -2.24. The van der Waals surface area contributed by atoms with Crippen LogP contribution in [-0.4, -0.2) is 43.1 Å². The number of hydrogen-bond donors (Lipinski definition) is 1. The number of rotatable bonds is 6. The van der Waals surface area contributed by atoms with Gasteiger partial charge in [-0.1, -0.05) is 47.7 Å². The number of aromatic nitrogens is 1. The summed E-state index contributed by atoms with van der Waals surface area (Å²) in [6.45, 7) is 3.95. The van der Waals surface area contributed by atoms with Crippen molar-refractivity contribution in [2.45, 2.75) is 19.9 Å². The molecule has 2 heterocycles. The Kier molecular flexibility index (Phi) is 6.54. The van der Waals surface area contributed by atoms with Gasteiger partial charge >= 0.3 is 5.91 Å². The first kappa shape index (κ1) is 25.3. The van der Waals surface area contributed by atoms with Crippen molar-refractivity contribution < 1.29 is 28.9 Å². The highest BCUT2D eigenvalue weighted by molar-refractivity contribution is 7.22. The lowest BCUT2D eigenvalue weighted by Crippen LogP contribution is -2.29. The van der Waals surface area contributed by atoms with Gasteiger partial charge in [0.1, 0.15) is 5.76 Å². The Bertz CT molecular complexity index is 1580. The molecule has 1 aromatic heterocycles. The summed E-state index contributed by atoms with van der Waals surface area (Å²) >= 11 is 1.31. The zero-order valence-corrected chi connectivity index (χ0v) is 22.4. The summed E-state index contributed by atoms with van der Waals surface area (Å²) in [4.78, 5) is 33.2. The Balaban J connectivity index is 1.80. The topological polar surface area (TPSA) is 98.2 Å². The highest BCUT2D eigenvalue weighted by atomic mass is 32.1. The number of benzene rings is 3. The van der Waals surface area contributed by atoms with Crippen LogP contribution in [0.5, 0.6) is 17.2 Å². The molecule has 1 amide bonds. The van der Waals surface area contributed by atoms with E-state index in [0.29, 0.717) is 33.5 Å². The summed E-state index contributed by atoms with van der Waals surface area (Å²) in [5.41, 5.74) is 3.64. The van der Waals surface area contributed by atoms with Gasteiger partial charge in [0.15, 0.2) is 16.6 Å². The number of aliphatic hydroxyl groups is 1. The number of aryl methyl sites for hydroxylation is 2. The molecule has 5 rings (SSSR count). The lowest BCUT2D eigenvalue weighted by molar-refractivity contribution is -0.132. The standard InChI is InChI=1S/C29H26N2O6S/c1-15-11-16(2)23-21(12-15)38-29(30-23)31-24(18-13-19(35-3)27(37-5)20(14-18)36-4)22(26(33)28(31)34)25(32)17-9-7-6-8-10-17/h6-14,24,32H,1-5H3/b25-22+/t24-/m1/s1. The van der Waals surface area contributed by atoms with E-state index in [2.05, 4.69) is 0 Å². The van der Waals surface area contributed by atoms with Gasteiger partial charge in [-0.25, -0.2) is 4.98 Å². The van der Waals surface area contributed by atoms with Gasteiger partial charge in [-0.2, -0.15) is 0 Å². The van der Waals surface area contributed by atoms with Crippen LogP contribution in [0.1, 0.15) is 28.3 Å². The zero-order valence-electron chi connectivity index (χ0n) is 21.6. The number of carbonyl (C=O) groups excluding carboxylic acids is 2. The van der Waals surface area contributed by atoms with Crippen molar-refractivity contribution in [2.75, 3.05) is 26.2 Å². The van der Waals surface area contributed by atoms with Crippen LogP contribution in [0.2, 0.25) is 0 Å². The summed E-state index contributed by atoms with van der Waals surface area (Å²) in [7, 11) is 4.47. The fraction of sp³-hybridized carbons (Fsp3) is 0.207. The van der Waals surface area contributed by atoms with E-state index >= 15 is 0 Å². The maximum atomic E-state index is 13.6. The normalized spacial score (nSPS) is 16.8. The van der Waals surface area contributed by atoms with Crippen molar-refractivity contribution in [3.63, 3.8) is 0 Å². The molecule has 38 heavy (non-hydrogen) atoms. The van der Waals surface area contributed by atoms with E-state index in [1.165, 1.54) is 37.6 Å². The number of aliphatic hydroxyl groups excluding tert-OH is 1. The number of anilines is 1. The molecular weight excluding hydrogens is 504 g/mol. The summed E-state index contributed by atoms with van der Waals surface area (Å²) in [5.74, 6) is -0.805. The van der Waals surface area contributed by atoms with Crippen molar-refractivity contribution >= 4 is 44.1 Å². The number of amides is 1. The third-order valence-electron chi connectivity index (χ3n) is 6.52. The van der Waals surface area contributed by atoms with E-state index in [4.69, 9.17) is 19.2 Å². The van der Waals surface area contributed by atoms with Gasteiger partial charge in [0.2, 0.25) is 5.75 Å². The molecule has 4 aromatic rings. The lowest BCUT2D eigenvalue weighted by atomic mass is 9.95. The fourth-order valence-electron chi connectivity index (χ4n) is 4.82. The number of thiazole rings is 1. The Morgan fingerprint density at radius 2 is 1.61 bits per heavy atom. The first-order chi connectivity index (χ1) is 18.3. The number of carbonyl (C=O) groups is 2. The molecule has 0 aliphatic carbocycles. The van der Waals surface area contributed by atoms with E-state index in [1.54, 1.807) is 42.5 Å². The van der Waals surface area contributed by atoms with Crippen molar-refractivity contribution in [3.8, 4) is 17.2 Å². The van der Waals surface area contributed by atoms with E-state index in [1.807, 2.05) is 26.0 Å². The summed E-state index contributed by atoms with van der Waals surface area (Å²) < 4.78 is 17.5. The van der Waals surface area contributed by atoms with Gasteiger partial charge in [-0.05, 0) is 48.7 Å². The molecular formula is C29H26N2O6S. The molecule has 0 spiro atoms. The summed E-state index contributed by atoms with van der Waals surface area (Å²) in [5, 5.41) is 11.7. The summed E-state index contributed by atoms with van der Waals surface area (Å²) in [6.07, 6.45) is 0. The molecule has 1 N–H and O–H groups in total. The number of ether oxygens (including phenoxy) is 3. The molecule has 194 valence electrons. The second kappa shape index (κ2) is 9.83. The second-order valence-electron chi connectivity index (χ2n) is 8.92. The molecule has 0 bridgehead atoms. The minimum absolute atomic E-state index is 0.0531. The van der Waals surface area contributed by atoms with Crippen LogP contribution in [0.4, 0.5) is 5.13 Å².